The van der Waals surface area contributed by atoms with Gasteiger partial charge in [0.1, 0.15) is 35.2 Å². The molecule has 0 spiro atoms. The topological polar surface area (TPSA) is 97.4 Å². The first kappa shape index (κ1) is 25.4. The quantitative estimate of drug-likeness (QED) is 0.376. The van der Waals surface area contributed by atoms with E-state index in [2.05, 4.69) is 29.8 Å². The van der Waals surface area contributed by atoms with Gasteiger partial charge in [-0.1, -0.05) is 0 Å². The summed E-state index contributed by atoms with van der Waals surface area (Å²) < 4.78 is 21.2. The summed E-state index contributed by atoms with van der Waals surface area (Å²) >= 11 is 0. The maximum Gasteiger partial charge on any atom is 0.164 e. The monoisotopic (exact) mass is 542 g/mol. The average molecular weight is 543 g/mol. The van der Waals surface area contributed by atoms with Crippen LogP contribution in [0.4, 0.5) is 10.2 Å². The largest absolute Gasteiger partial charge is 0.457 e. The highest BCUT2D eigenvalue weighted by molar-refractivity contribution is 5.98. The summed E-state index contributed by atoms with van der Waals surface area (Å²) in [6, 6.07) is 15.4. The fourth-order valence-electron chi connectivity index (χ4n) is 6.41. The Morgan fingerprint density at radius 1 is 0.775 bits per heavy atom. The molecular formula is C30H35FN8O. The Labute approximate surface area is 233 Å². The molecule has 0 aliphatic carbocycles. The van der Waals surface area contributed by atoms with Crippen molar-refractivity contribution < 1.29 is 9.13 Å². The van der Waals surface area contributed by atoms with Crippen LogP contribution in [-0.2, 0) is 0 Å². The van der Waals surface area contributed by atoms with Crippen LogP contribution in [-0.4, -0.2) is 80.9 Å². The van der Waals surface area contributed by atoms with E-state index in [1.165, 1.54) is 44.4 Å². The van der Waals surface area contributed by atoms with E-state index in [1.807, 2.05) is 24.3 Å². The van der Waals surface area contributed by atoms with Crippen LogP contribution >= 0.6 is 0 Å². The number of nitrogens with zero attached hydrogens (tertiary/aromatic N) is 6. The molecule has 2 aromatic carbocycles. The van der Waals surface area contributed by atoms with E-state index < -0.39 is 0 Å². The van der Waals surface area contributed by atoms with E-state index in [4.69, 9.17) is 15.6 Å². The minimum atomic E-state index is -0.293. The van der Waals surface area contributed by atoms with Crippen LogP contribution in [0.1, 0.15) is 31.7 Å². The van der Waals surface area contributed by atoms with Gasteiger partial charge in [0.15, 0.2) is 5.65 Å². The first-order valence-electron chi connectivity index (χ1n) is 14.3. The molecule has 0 amide bonds. The second-order valence-electron chi connectivity index (χ2n) is 11.2. The van der Waals surface area contributed by atoms with Crippen molar-refractivity contribution in [1.82, 2.24) is 34.9 Å². The molecule has 4 aromatic rings. The van der Waals surface area contributed by atoms with Crippen LogP contribution in [0.5, 0.6) is 11.5 Å². The Morgan fingerprint density at radius 2 is 1.38 bits per heavy atom. The maximum atomic E-state index is 13.2. The van der Waals surface area contributed by atoms with E-state index >= 15 is 0 Å². The normalized spacial score (nSPS) is 20.1. The molecule has 0 atom stereocenters. The smallest absolute Gasteiger partial charge is 0.164 e. The lowest BCUT2D eigenvalue weighted by Crippen LogP contribution is -2.60. The van der Waals surface area contributed by atoms with Crippen LogP contribution in [0.25, 0.3) is 22.3 Å². The van der Waals surface area contributed by atoms with Gasteiger partial charge in [-0.3, -0.25) is 4.90 Å². The number of aromatic nitrogens is 4. The molecule has 5 heterocycles. The minimum Gasteiger partial charge on any atom is -0.457 e. The molecule has 3 aliphatic heterocycles. The number of nitrogen functional groups attached to an aromatic ring is 1. The van der Waals surface area contributed by atoms with Gasteiger partial charge in [-0.2, -0.15) is 5.10 Å². The van der Waals surface area contributed by atoms with Gasteiger partial charge in [0.2, 0.25) is 0 Å². The van der Waals surface area contributed by atoms with Gasteiger partial charge >= 0.3 is 0 Å². The third-order valence-corrected chi connectivity index (χ3v) is 8.83. The second-order valence-corrected chi connectivity index (χ2v) is 11.2. The van der Waals surface area contributed by atoms with E-state index in [-0.39, 0.29) is 11.9 Å². The van der Waals surface area contributed by atoms with Crippen molar-refractivity contribution in [3.63, 3.8) is 0 Å². The molecule has 2 aromatic heterocycles. The standard InChI is InChI=1S/C30H35FN8O/c31-21-3-7-26(8-4-21)40-25-5-1-20(2-6-25)28-27-29(32)34-19-35-30(27)39(36-28)23-11-15-37(16-12-23)22-9-13-38(14-10-22)24-17-33-18-24/h1-8,19,22-24,33H,9-18H2,(H2,32,34,35). The maximum absolute atomic E-state index is 13.2. The predicted octanol–water partition coefficient (Wildman–Crippen LogP) is 4.08. The number of benzene rings is 2. The van der Waals surface area contributed by atoms with Gasteiger partial charge in [-0.15, -0.1) is 0 Å². The molecule has 3 N–H and O–H groups in total. The highest BCUT2D eigenvalue weighted by Crippen LogP contribution is 2.36. The second kappa shape index (κ2) is 10.8. The molecule has 3 aliphatic rings. The SMILES string of the molecule is Nc1ncnc2c1c(-c1ccc(Oc3ccc(F)cc3)cc1)nn2C1CCN(C2CCN(C3CNC3)CC2)CC1. The van der Waals surface area contributed by atoms with Gasteiger partial charge in [0.25, 0.3) is 0 Å². The number of rotatable bonds is 6. The van der Waals surface area contributed by atoms with Crippen molar-refractivity contribution in [3.05, 3.63) is 60.7 Å². The van der Waals surface area contributed by atoms with Crippen molar-refractivity contribution in [2.24, 2.45) is 0 Å². The van der Waals surface area contributed by atoms with Crippen molar-refractivity contribution in [2.45, 2.75) is 43.8 Å². The molecule has 3 saturated heterocycles. The highest BCUT2D eigenvalue weighted by atomic mass is 19.1. The number of fused-ring (bicyclic) bond motifs is 1. The third-order valence-electron chi connectivity index (χ3n) is 8.83. The fourth-order valence-corrected chi connectivity index (χ4v) is 6.41. The summed E-state index contributed by atoms with van der Waals surface area (Å²) in [5, 5.41) is 9.26. The average Bonchev–Trinajstić information content (AvgIpc) is 3.35. The number of halogens is 1. The zero-order valence-corrected chi connectivity index (χ0v) is 22.5. The summed E-state index contributed by atoms with van der Waals surface area (Å²) in [4.78, 5) is 14.3. The zero-order valence-electron chi connectivity index (χ0n) is 22.5. The molecule has 9 nitrogen and oxygen atoms in total. The van der Waals surface area contributed by atoms with Crippen LogP contribution in [0.2, 0.25) is 0 Å². The van der Waals surface area contributed by atoms with Crippen molar-refractivity contribution in [2.75, 3.05) is 45.0 Å². The number of hydrogen-bond donors (Lipinski definition) is 2. The van der Waals surface area contributed by atoms with Crippen molar-refractivity contribution >= 4 is 16.9 Å². The third kappa shape index (κ3) is 4.91. The van der Waals surface area contributed by atoms with E-state index in [0.717, 1.165) is 67.4 Å². The number of nitrogens with two attached hydrogens (primary N) is 1. The number of anilines is 1. The van der Waals surface area contributed by atoms with Crippen molar-refractivity contribution in [1.29, 1.82) is 0 Å². The highest BCUT2D eigenvalue weighted by Gasteiger charge is 2.33. The van der Waals surface area contributed by atoms with E-state index in [9.17, 15) is 4.39 Å². The van der Waals surface area contributed by atoms with Crippen LogP contribution in [0.3, 0.4) is 0 Å². The molecule has 40 heavy (non-hydrogen) atoms. The zero-order chi connectivity index (χ0) is 27.1. The van der Waals surface area contributed by atoms with Gasteiger partial charge in [0, 0.05) is 56.9 Å². The summed E-state index contributed by atoms with van der Waals surface area (Å²) in [5.74, 6) is 1.38. The summed E-state index contributed by atoms with van der Waals surface area (Å²) in [5.41, 5.74) is 8.86. The van der Waals surface area contributed by atoms with Gasteiger partial charge in [0.05, 0.1) is 11.4 Å². The molecular weight excluding hydrogens is 507 g/mol. The Balaban J connectivity index is 1.06. The first-order chi connectivity index (χ1) is 19.6. The van der Waals surface area contributed by atoms with Crippen molar-refractivity contribution in [3.8, 4) is 22.8 Å². The number of nitrogens with one attached hydrogen (secondary N) is 1. The van der Waals surface area contributed by atoms with Gasteiger partial charge < -0.3 is 20.7 Å². The molecule has 3 fully saturated rings. The Kier molecular flexibility index (Phi) is 6.82. The molecule has 0 radical (unpaired) electrons. The molecule has 10 heteroatoms. The summed E-state index contributed by atoms with van der Waals surface area (Å²) in [6.07, 6.45) is 6.13. The molecule has 208 valence electrons. The first-order valence-corrected chi connectivity index (χ1v) is 14.3. The fraction of sp³-hybridized carbons (Fsp3) is 0.433. The lowest BCUT2D eigenvalue weighted by atomic mass is 9.96. The lowest BCUT2D eigenvalue weighted by Gasteiger charge is -2.45. The van der Waals surface area contributed by atoms with Crippen LogP contribution in [0.15, 0.2) is 54.9 Å². The van der Waals surface area contributed by atoms with Crippen LogP contribution in [0, 0.1) is 5.82 Å². The number of hydrogen-bond acceptors (Lipinski definition) is 8. The molecule has 0 unspecified atom stereocenters. The van der Waals surface area contributed by atoms with Gasteiger partial charge in [-0.05, 0) is 74.2 Å². The Hall–Kier alpha value is -3.60. The van der Waals surface area contributed by atoms with E-state index in [1.54, 1.807) is 12.1 Å². The number of ether oxygens (including phenoxy) is 1. The number of piperidine rings is 2. The van der Waals surface area contributed by atoms with Gasteiger partial charge in [-0.25, -0.2) is 19.0 Å². The molecule has 0 saturated carbocycles. The minimum absolute atomic E-state index is 0.268. The molecule has 0 bridgehead atoms. The summed E-state index contributed by atoms with van der Waals surface area (Å²) in [6.45, 7) is 6.89. The number of likely N-dealkylation sites (tertiary alicyclic amines) is 2. The predicted molar refractivity (Wildman–Crippen MR) is 153 cm³/mol. The summed E-state index contributed by atoms with van der Waals surface area (Å²) in [7, 11) is 0. The van der Waals surface area contributed by atoms with E-state index in [0.29, 0.717) is 23.4 Å². The Morgan fingerprint density at radius 3 is 2.00 bits per heavy atom. The lowest BCUT2D eigenvalue weighted by molar-refractivity contribution is 0.0495. The van der Waals surface area contributed by atoms with Crippen LogP contribution < -0.4 is 15.8 Å². The Bertz CT molecular complexity index is 1450. The molecule has 7 rings (SSSR count).